The Hall–Kier alpha value is -1.04. The van der Waals surface area contributed by atoms with Gasteiger partial charge in [-0.1, -0.05) is 13.3 Å². The highest BCUT2D eigenvalue weighted by Gasteiger charge is 2.60. The lowest BCUT2D eigenvalue weighted by Crippen LogP contribution is -2.14. The van der Waals surface area contributed by atoms with Crippen LogP contribution in [0.5, 0.6) is 0 Å². The van der Waals surface area contributed by atoms with E-state index in [9.17, 15) is 4.79 Å². The quantitative estimate of drug-likeness (QED) is 0.621. The van der Waals surface area contributed by atoms with Gasteiger partial charge in [-0.3, -0.25) is 4.79 Å². The molecule has 0 heterocycles. The van der Waals surface area contributed by atoms with Crippen LogP contribution in [0.25, 0.3) is 0 Å². The van der Waals surface area contributed by atoms with Crippen molar-refractivity contribution in [3.05, 3.63) is 0 Å². The van der Waals surface area contributed by atoms with Gasteiger partial charge in [0, 0.05) is 0 Å². The first-order valence-electron chi connectivity index (χ1n) is 3.32. The molecule has 0 aliphatic heterocycles. The van der Waals surface area contributed by atoms with Gasteiger partial charge in [-0.2, -0.15) is 5.26 Å². The summed E-state index contributed by atoms with van der Waals surface area (Å²) in [5.41, 5.74) is -1.02. The summed E-state index contributed by atoms with van der Waals surface area (Å²) in [5.74, 6) is -0.864. The average molecular weight is 139 g/mol. The number of rotatable bonds is 2. The number of hydrogen-bond donors (Lipinski definition) is 1. The number of nitriles is 1. The van der Waals surface area contributed by atoms with Crippen molar-refractivity contribution in [3.63, 3.8) is 0 Å². The molecule has 0 saturated heterocycles. The number of carboxylic acid groups (broad SMARTS) is 1. The second-order valence-corrected chi connectivity index (χ2v) is 2.70. The van der Waals surface area contributed by atoms with Gasteiger partial charge in [-0.25, -0.2) is 0 Å². The second-order valence-electron chi connectivity index (χ2n) is 2.70. The van der Waals surface area contributed by atoms with Crippen LogP contribution in [-0.2, 0) is 4.79 Å². The Bertz CT molecular complexity index is 206. The SMILES string of the molecule is CCC1CC1(C#N)C(=O)O. The standard InChI is InChI=1S/C7H9NO2/c1-2-5-3-7(5,4-8)6(9)10/h5H,2-3H2,1H3,(H,9,10). The molecule has 0 aromatic rings. The number of nitrogens with zero attached hydrogens (tertiary/aromatic N) is 1. The molecule has 3 nitrogen and oxygen atoms in total. The van der Waals surface area contributed by atoms with Crippen LogP contribution < -0.4 is 0 Å². The van der Waals surface area contributed by atoms with E-state index < -0.39 is 11.4 Å². The molecular weight excluding hydrogens is 130 g/mol. The highest BCUT2D eigenvalue weighted by Crippen LogP contribution is 2.53. The fraction of sp³-hybridized carbons (Fsp3) is 0.714. The van der Waals surface area contributed by atoms with Crippen molar-refractivity contribution in [2.75, 3.05) is 0 Å². The largest absolute Gasteiger partial charge is 0.480 e. The molecule has 54 valence electrons. The van der Waals surface area contributed by atoms with E-state index in [1.54, 1.807) is 0 Å². The van der Waals surface area contributed by atoms with E-state index in [-0.39, 0.29) is 5.92 Å². The minimum atomic E-state index is -1.02. The molecule has 3 heteroatoms. The normalized spacial score (nSPS) is 36.6. The molecular formula is C7H9NO2. The molecule has 2 unspecified atom stereocenters. The van der Waals surface area contributed by atoms with Crippen molar-refractivity contribution >= 4 is 5.97 Å². The Morgan fingerprint density at radius 2 is 2.60 bits per heavy atom. The molecule has 0 radical (unpaired) electrons. The van der Waals surface area contributed by atoms with Crippen LogP contribution in [0, 0.1) is 22.7 Å². The Balaban J connectivity index is 2.70. The zero-order valence-corrected chi connectivity index (χ0v) is 5.79. The molecule has 1 N–H and O–H groups in total. The molecule has 1 rings (SSSR count). The van der Waals surface area contributed by atoms with Crippen LogP contribution in [0.4, 0.5) is 0 Å². The lowest BCUT2D eigenvalue weighted by atomic mass is 10.1. The van der Waals surface area contributed by atoms with E-state index in [1.807, 2.05) is 13.0 Å². The molecule has 1 aliphatic carbocycles. The van der Waals surface area contributed by atoms with Gasteiger partial charge in [0.15, 0.2) is 5.41 Å². The predicted molar refractivity (Wildman–Crippen MR) is 34.1 cm³/mol. The fourth-order valence-corrected chi connectivity index (χ4v) is 1.27. The maximum atomic E-state index is 10.5. The maximum Gasteiger partial charge on any atom is 0.324 e. The van der Waals surface area contributed by atoms with Crippen LogP contribution in [0.15, 0.2) is 0 Å². The molecule has 0 amide bonds. The molecule has 2 atom stereocenters. The predicted octanol–water partition coefficient (Wildman–Crippen LogP) is 1.01. The summed E-state index contributed by atoms with van der Waals surface area (Å²) < 4.78 is 0. The van der Waals surface area contributed by atoms with Gasteiger partial charge in [-0.15, -0.1) is 0 Å². The van der Waals surface area contributed by atoms with Gasteiger partial charge in [0.25, 0.3) is 0 Å². The minimum absolute atomic E-state index is 0.0926. The van der Waals surface area contributed by atoms with E-state index in [4.69, 9.17) is 10.4 Å². The van der Waals surface area contributed by atoms with Crippen LogP contribution >= 0.6 is 0 Å². The number of carboxylic acids is 1. The second kappa shape index (κ2) is 1.98. The van der Waals surface area contributed by atoms with Gasteiger partial charge in [-0.05, 0) is 12.3 Å². The molecule has 0 bridgehead atoms. The Morgan fingerprint density at radius 1 is 2.00 bits per heavy atom. The van der Waals surface area contributed by atoms with Crippen LogP contribution in [0.3, 0.4) is 0 Å². The zero-order chi connectivity index (χ0) is 7.78. The third kappa shape index (κ3) is 0.688. The summed E-state index contributed by atoms with van der Waals surface area (Å²) in [7, 11) is 0. The van der Waals surface area contributed by atoms with Crippen molar-refractivity contribution in [1.29, 1.82) is 5.26 Å². The number of hydrogen-bond acceptors (Lipinski definition) is 2. The lowest BCUT2D eigenvalue weighted by Gasteiger charge is -1.97. The summed E-state index contributed by atoms with van der Waals surface area (Å²) in [6.45, 7) is 1.91. The van der Waals surface area contributed by atoms with Gasteiger partial charge in [0.2, 0.25) is 0 Å². The van der Waals surface area contributed by atoms with Crippen LogP contribution in [0.2, 0.25) is 0 Å². The van der Waals surface area contributed by atoms with Crippen LogP contribution in [-0.4, -0.2) is 11.1 Å². The number of aliphatic carboxylic acids is 1. The summed E-state index contributed by atoms with van der Waals surface area (Å²) in [6, 6.07) is 1.85. The first-order valence-corrected chi connectivity index (χ1v) is 3.32. The van der Waals surface area contributed by atoms with Crippen molar-refractivity contribution in [1.82, 2.24) is 0 Å². The smallest absolute Gasteiger partial charge is 0.324 e. The van der Waals surface area contributed by atoms with Gasteiger partial charge in [0.05, 0.1) is 6.07 Å². The van der Waals surface area contributed by atoms with Gasteiger partial charge >= 0.3 is 5.97 Å². The molecule has 0 aromatic carbocycles. The first-order chi connectivity index (χ1) is 4.67. The van der Waals surface area contributed by atoms with E-state index in [0.717, 1.165) is 6.42 Å². The molecule has 1 fully saturated rings. The molecule has 0 aromatic heterocycles. The van der Waals surface area contributed by atoms with Crippen molar-refractivity contribution in [3.8, 4) is 6.07 Å². The molecule has 10 heavy (non-hydrogen) atoms. The van der Waals surface area contributed by atoms with E-state index in [2.05, 4.69) is 0 Å². The van der Waals surface area contributed by atoms with E-state index in [0.29, 0.717) is 6.42 Å². The Kier molecular flexibility index (Phi) is 1.40. The van der Waals surface area contributed by atoms with Crippen molar-refractivity contribution in [2.24, 2.45) is 11.3 Å². The third-order valence-corrected chi connectivity index (χ3v) is 2.18. The van der Waals surface area contributed by atoms with E-state index in [1.165, 1.54) is 0 Å². The Morgan fingerprint density at radius 3 is 2.70 bits per heavy atom. The van der Waals surface area contributed by atoms with Crippen molar-refractivity contribution < 1.29 is 9.90 Å². The highest BCUT2D eigenvalue weighted by atomic mass is 16.4. The Labute approximate surface area is 59.3 Å². The molecule has 1 saturated carbocycles. The van der Waals surface area contributed by atoms with Gasteiger partial charge in [0.1, 0.15) is 0 Å². The maximum absolute atomic E-state index is 10.5. The first kappa shape index (κ1) is 7.07. The summed E-state index contributed by atoms with van der Waals surface area (Å²) in [6.07, 6.45) is 1.33. The van der Waals surface area contributed by atoms with Crippen LogP contribution in [0.1, 0.15) is 19.8 Å². The van der Waals surface area contributed by atoms with Crippen molar-refractivity contribution in [2.45, 2.75) is 19.8 Å². The molecule has 1 aliphatic rings. The molecule has 0 spiro atoms. The topological polar surface area (TPSA) is 61.1 Å². The lowest BCUT2D eigenvalue weighted by molar-refractivity contribution is -0.141. The number of carbonyl (C=O) groups is 1. The summed E-state index contributed by atoms with van der Waals surface area (Å²) >= 11 is 0. The van der Waals surface area contributed by atoms with Gasteiger partial charge < -0.3 is 5.11 Å². The van der Waals surface area contributed by atoms with E-state index >= 15 is 0 Å². The summed E-state index contributed by atoms with van der Waals surface area (Å²) in [5, 5.41) is 17.1. The fourth-order valence-electron chi connectivity index (χ4n) is 1.27. The zero-order valence-electron chi connectivity index (χ0n) is 5.79. The third-order valence-electron chi connectivity index (χ3n) is 2.18. The highest BCUT2D eigenvalue weighted by molar-refractivity contribution is 5.82. The average Bonchev–Trinajstić information content (AvgIpc) is 2.62. The minimum Gasteiger partial charge on any atom is -0.480 e. The summed E-state index contributed by atoms with van der Waals surface area (Å²) in [4.78, 5) is 10.5. The monoisotopic (exact) mass is 139 g/mol.